The molecule has 174 valence electrons. The Morgan fingerprint density at radius 1 is 1.09 bits per heavy atom. The largest absolute Gasteiger partial charge is 0.458 e. The second-order valence-electron chi connectivity index (χ2n) is 9.12. The maximum atomic E-state index is 13.8. The summed E-state index contributed by atoms with van der Waals surface area (Å²) in [6.07, 6.45) is 6.26. The third kappa shape index (κ3) is 3.18. The molecule has 1 atom stereocenters. The van der Waals surface area contributed by atoms with Gasteiger partial charge in [0.25, 0.3) is 0 Å². The molecule has 1 N–H and O–H groups in total. The molecular formula is C26H22N6O3. The highest BCUT2D eigenvalue weighted by Crippen LogP contribution is 2.50. The summed E-state index contributed by atoms with van der Waals surface area (Å²) in [4.78, 5) is 27.7. The predicted octanol–water partition coefficient (Wildman–Crippen LogP) is 4.57. The molecule has 0 bridgehead atoms. The van der Waals surface area contributed by atoms with Crippen LogP contribution in [0.25, 0.3) is 22.4 Å². The summed E-state index contributed by atoms with van der Waals surface area (Å²) in [6.45, 7) is 2.34. The quantitative estimate of drug-likeness (QED) is 0.412. The molecule has 1 aliphatic heterocycles. The lowest BCUT2D eigenvalue weighted by Crippen LogP contribution is -2.41. The lowest BCUT2D eigenvalue weighted by Gasteiger charge is -2.33. The summed E-state index contributed by atoms with van der Waals surface area (Å²) in [7, 11) is 0. The van der Waals surface area contributed by atoms with Crippen molar-refractivity contribution in [3.05, 3.63) is 83.2 Å². The number of nitrogens with zero attached hydrogens (tertiary/aromatic N) is 5. The molecule has 1 aliphatic carbocycles. The van der Waals surface area contributed by atoms with Gasteiger partial charge in [0.15, 0.2) is 0 Å². The van der Waals surface area contributed by atoms with Crippen LogP contribution >= 0.6 is 0 Å². The van der Waals surface area contributed by atoms with Crippen molar-refractivity contribution >= 4 is 16.9 Å². The van der Waals surface area contributed by atoms with Crippen LogP contribution in [0.3, 0.4) is 0 Å². The van der Waals surface area contributed by atoms with E-state index in [1.54, 1.807) is 23.5 Å². The van der Waals surface area contributed by atoms with Gasteiger partial charge in [-0.3, -0.25) is 9.78 Å². The highest BCUT2D eigenvalue weighted by atomic mass is 16.4. The second-order valence-corrected chi connectivity index (χ2v) is 9.12. The number of nitrogens with one attached hydrogen (secondary N) is 1. The van der Waals surface area contributed by atoms with Gasteiger partial charge in [-0.05, 0) is 43.9 Å². The van der Waals surface area contributed by atoms with Crippen LogP contribution in [0.4, 0.5) is 0 Å². The fourth-order valence-corrected chi connectivity index (χ4v) is 5.09. The number of carbonyl (C=O) groups is 1. The van der Waals surface area contributed by atoms with Gasteiger partial charge in [-0.2, -0.15) is 0 Å². The van der Waals surface area contributed by atoms with E-state index < -0.39 is 6.04 Å². The summed E-state index contributed by atoms with van der Waals surface area (Å²) >= 11 is 0. The lowest BCUT2D eigenvalue weighted by molar-refractivity contribution is 0.0631. The van der Waals surface area contributed by atoms with E-state index in [4.69, 9.17) is 8.83 Å². The number of fused-ring (bicyclic) bond motifs is 2. The molecule has 9 heteroatoms. The number of amides is 1. The van der Waals surface area contributed by atoms with E-state index in [2.05, 4.69) is 31.2 Å². The zero-order valence-corrected chi connectivity index (χ0v) is 19.1. The first kappa shape index (κ1) is 20.1. The summed E-state index contributed by atoms with van der Waals surface area (Å²) in [6, 6.07) is 11.2. The van der Waals surface area contributed by atoms with Crippen molar-refractivity contribution in [1.29, 1.82) is 0 Å². The van der Waals surface area contributed by atoms with E-state index in [0.717, 1.165) is 46.7 Å². The Balaban J connectivity index is 1.33. The molecule has 0 saturated heterocycles. The maximum absolute atomic E-state index is 13.8. The number of benzene rings is 1. The number of aryl methyl sites for hydroxylation is 1. The number of furan rings is 1. The molecule has 1 aromatic carbocycles. The van der Waals surface area contributed by atoms with Gasteiger partial charge < -0.3 is 18.7 Å². The first-order chi connectivity index (χ1) is 17.2. The second kappa shape index (κ2) is 7.63. The van der Waals surface area contributed by atoms with Crippen LogP contribution in [0, 0.1) is 6.92 Å². The Kier molecular flexibility index (Phi) is 4.39. The molecule has 1 amide bonds. The average Bonchev–Trinajstić information content (AvgIpc) is 3.28. The number of rotatable bonds is 4. The summed E-state index contributed by atoms with van der Waals surface area (Å²) in [5.74, 6) is 1.08. The Morgan fingerprint density at radius 3 is 2.83 bits per heavy atom. The van der Waals surface area contributed by atoms with Crippen LogP contribution in [0.1, 0.15) is 63.9 Å². The third-order valence-corrected chi connectivity index (χ3v) is 6.93. The van der Waals surface area contributed by atoms with E-state index in [1.807, 2.05) is 31.2 Å². The highest BCUT2D eigenvalue weighted by molar-refractivity contribution is 5.91. The fourth-order valence-electron chi connectivity index (χ4n) is 5.09. The van der Waals surface area contributed by atoms with Gasteiger partial charge in [0, 0.05) is 41.5 Å². The number of hydrogen-bond acceptors (Lipinski definition) is 7. The Morgan fingerprint density at radius 2 is 1.97 bits per heavy atom. The zero-order chi connectivity index (χ0) is 23.5. The molecule has 0 spiro atoms. The van der Waals surface area contributed by atoms with E-state index in [-0.39, 0.29) is 17.7 Å². The van der Waals surface area contributed by atoms with E-state index in [0.29, 0.717) is 24.4 Å². The molecule has 0 radical (unpaired) electrons. The van der Waals surface area contributed by atoms with E-state index in [9.17, 15) is 4.79 Å². The van der Waals surface area contributed by atoms with E-state index in [1.165, 1.54) is 5.56 Å². The number of aromatic amines is 1. The molecule has 2 aliphatic rings. The number of para-hydroxylation sites is 1. The molecule has 1 saturated carbocycles. The van der Waals surface area contributed by atoms with Gasteiger partial charge >= 0.3 is 11.8 Å². The minimum Gasteiger partial charge on any atom is -0.458 e. The minimum absolute atomic E-state index is 0.0590. The van der Waals surface area contributed by atoms with E-state index >= 15 is 0 Å². The monoisotopic (exact) mass is 466 g/mol. The first-order valence-corrected chi connectivity index (χ1v) is 11.8. The van der Waals surface area contributed by atoms with Gasteiger partial charge in [0.2, 0.25) is 5.89 Å². The SMILES string of the molecule is Cc1ncccc1-c1nnc(C(=O)N2CCc3[nH]cnc3[C@@H]2c2oc3ccccc3c2C2CC2)o1. The highest BCUT2D eigenvalue weighted by Gasteiger charge is 2.42. The van der Waals surface area contributed by atoms with Crippen LogP contribution < -0.4 is 0 Å². The molecule has 1 fully saturated rings. The van der Waals surface area contributed by atoms with Gasteiger partial charge in [-0.15, -0.1) is 10.2 Å². The Labute approximate surface area is 200 Å². The van der Waals surface area contributed by atoms with Crippen molar-refractivity contribution in [1.82, 2.24) is 30.0 Å². The van der Waals surface area contributed by atoms with Crippen LogP contribution in [0.5, 0.6) is 0 Å². The van der Waals surface area contributed by atoms with Crippen molar-refractivity contribution in [3.8, 4) is 11.5 Å². The Bertz CT molecular complexity index is 1580. The number of imidazole rings is 1. The van der Waals surface area contributed by atoms with Crippen molar-refractivity contribution in [2.75, 3.05) is 6.54 Å². The predicted molar refractivity (Wildman–Crippen MR) is 126 cm³/mol. The van der Waals surface area contributed by atoms with Gasteiger partial charge in [0.05, 0.1) is 17.6 Å². The maximum Gasteiger partial charge on any atom is 0.312 e. The number of carbonyl (C=O) groups excluding carboxylic acids is 1. The average molecular weight is 467 g/mol. The normalized spacial score (nSPS) is 17.6. The molecular weight excluding hydrogens is 444 g/mol. The molecule has 9 nitrogen and oxygen atoms in total. The topological polar surface area (TPSA) is 114 Å². The van der Waals surface area contributed by atoms with Crippen molar-refractivity contribution in [2.45, 2.75) is 38.1 Å². The third-order valence-electron chi connectivity index (χ3n) is 6.93. The van der Waals surface area contributed by atoms with Crippen LogP contribution in [-0.2, 0) is 6.42 Å². The smallest absolute Gasteiger partial charge is 0.312 e. The summed E-state index contributed by atoms with van der Waals surface area (Å²) in [5, 5.41) is 9.34. The van der Waals surface area contributed by atoms with Crippen LogP contribution in [0.15, 0.2) is 57.8 Å². The minimum atomic E-state index is -0.476. The molecule has 35 heavy (non-hydrogen) atoms. The number of H-pyrrole nitrogens is 1. The fraction of sp³-hybridized carbons (Fsp3) is 0.269. The Hall–Kier alpha value is -4.27. The number of aromatic nitrogens is 5. The zero-order valence-electron chi connectivity index (χ0n) is 19.1. The number of hydrogen-bond donors (Lipinski definition) is 1. The van der Waals surface area contributed by atoms with Gasteiger partial charge in [-0.25, -0.2) is 4.98 Å². The summed E-state index contributed by atoms with van der Waals surface area (Å²) in [5.41, 5.74) is 5.27. The van der Waals surface area contributed by atoms with Crippen molar-refractivity contribution < 1.29 is 13.6 Å². The molecule has 5 aromatic rings. The van der Waals surface area contributed by atoms with Crippen molar-refractivity contribution in [3.63, 3.8) is 0 Å². The van der Waals surface area contributed by atoms with Crippen LogP contribution in [0.2, 0.25) is 0 Å². The standard InChI is InChI=1S/C26H22N6O3/c1-14-16(6-4-11-27-14)24-30-31-25(35-24)26(33)32-12-10-18-21(29-13-28-18)22(32)23-20(15-8-9-15)17-5-2-3-7-19(17)34-23/h2-7,11,13,15,22H,8-10,12H2,1H3,(H,28,29)/t22-/m1/s1. The molecule has 4 aromatic heterocycles. The molecule has 0 unspecified atom stereocenters. The lowest BCUT2D eigenvalue weighted by atomic mass is 9.95. The van der Waals surface area contributed by atoms with Crippen LogP contribution in [-0.4, -0.2) is 42.5 Å². The molecule has 7 rings (SSSR count). The van der Waals surface area contributed by atoms with Crippen molar-refractivity contribution in [2.24, 2.45) is 0 Å². The number of pyridine rings is 1. The first-order valence-electron chi connectivity index (χ1n) is 11.8. The van der Waals surface area contributed by atoms with Gasteiger partial charge in [-0.1, -0.05) is 18.2 Å². The molecule has 5 heterocycles. The summed E-state index contributed by atoms with van der Waals surface area (Å²) < 4.78 is 12.3. The van der Waals surface area contributed by atoms with Gasteiger partial charge in [0.1, 0.15) is 17.4 Å².